The molecule has 0 aliphatic rings. The van der Waals surface area contributed by atoms with Gasteiger partial charge in [0, 0.05) is 11.0 Å². The van der Waals surface area contributed by atoms with E-state index in [-0.39, 0.29) is 10.5 Å². The van der Waals surface area contributed by atoms with E-state index in [0.29, 0.717) is 6.07 Å². The first-order valence-electron chi connectivity index (χ1n) is 8.19. The van der Waals surface area contributed by atoms with E-state index in [4.69, 9.17) is 10.5 Å². The Balaban J connectivity index is 2.94. The summed E-state index contributed by atoms with van der Waals surface area (Å²) in [5.74, 6) is 0. The van der Waals surface area contributed by atoms with Gasteiger partial charge in [-0.25, -0.2) is 13.2 Å². The van der Waals surface area contributed by atoms with Crippen molar-refractivity contribution in [2.45, 2.75) is 36.8 Å². The van der Waals surface area contributed by atoms with E-state index in [1.54, 1.807) is 6.07 Å². The molecule has 0 saturated heterocycles. The van der Waals surface area contributed by atoms with Crippen LogP contribution in [0.15, 0.2) is 59.5 Å². The van der Waals surface area contributed by atoms with Crippen LogP contribution in [-0.2, 0) is 25.7 Å². The van der Waals surface area contributed by atoms with Crippen LogP contribution in [0.1, 0.15) is 31.9 Å². The second-order valence-corrected chi connectivity index (χ2v) is 9.24. The topological polar surface area (TPSA) is 86.5 Å². The molecule has 0 aromatic heterocycles. The van der Waals surface area contributed by atoms with E-state index in [2.05, 4.69) is 0 Å². The highest BCUT2D eigenvalue weighted by atomic mass is 32.2. The van der Waals surface area contributed by atoms with E-state index in [0.717, 1.165) is 12.1 Å². The number of halogens is 3. The zero-order valence-corrected chi connectivity index (χ0v) is 16.3. The second-order valence-electron chi connectivity index (χ2n) is 7.18. The third kappa shape index (κ3) is 3.71. The Kier molecular flexibility index (Phi) is 5.53. The van der Waals surface area contributed by atoms with Gasteiger partial charge in [-0.05, 0) is 24.3 Å². The maximum absolute atomic E-state index is 13.6. The van der Waals surface area contributed by atoms with E-state index >= 15 is 0 Å². The Labute approximate surface area is 161 Å². The second kappa shape index (κ2) is 7.12. The van der Waals surface area contributed by atoms with Crippen molar-refractivity contribution in [1.29, 1.82) is 0 Å². The minimum absolute atomic E-state index is 0.219. The van der Waals surface area contributed by atoms with Crippen LogP contribution < -0.4 is 5.73 Å². The van der Waals surface area contributed by atoms with Crippen molar-refractivity contribution in [3.63, 3.8) is 0 Å². The number of sulfone groups is 1. The van der Waals surface area contributed by atoms with E-state index in [9.17, 15) is 26.4 Å². The zero-order valence-electron chi connectivity index (χ0n) is 15.4. The van der Waals surface area contributed by atoms with E-state index in [1.807, 2.05) is 0 Å². The van der Waals surface area contributed by atoms with Crippen molar-refractivity contribution in [1.82, 2.24) is 0 Å². The van der Waals surface area contributed by atoms with Gasteiger partial charge < -0.3 is 10.5 Å². The molecule has 2 N–H and O–H groups in total. The van der Waals surface area contributed by atoms with Crippen molar-refractivity contribution in [3.05, 3.63) is 65.7 Å². The van der Waals surface area contributed by atoms with Crippen LogP contribution in [0.5, 0.6) is 0 Å². The van der Waals surface area contributed by atoms with Crippen molar-refractivity contribution < 1.29 is 31.1 Å². The minimum Gasteiger partial charge on any atom is -0.421 e. The SMILES string of the molecule is CC(C)(C)C(OC(N)=O)(c1cccc(C(F)(F)F)c1)S(=O)(=O)c1ccccc1. The highest BCUT2D eigenvalue weighted by Crippen LogP contribution is 2.50. The quantitative estimate of drug-likeness (QED) is 0.798. The summed E-state index contributed by atoms with van der Waals surface area (Å²) in [6, 6.07) is 10.7. The molecule has 0 aliphatic heterocycles. The molecule has 1 amide bonds. The number of alkyl halides is 3. The first-order chi connectivity index (χ1) is 12.7. The number of carbonyl (C=O) groups excluding carboxylic acids is 1. The molecule has 152 valence electrons. The molecule has 9 heteroatoms. The molecular weight excluding hydrogens is 395 g/mol. The standard InChI is InChI=1S/C19H20F3NO4S/c1-17(2,3)18(27-16(23)24,28(25,26)15-10-5-4-6-11-15)13-8-7-9-14(12-13)19(20,21)22/h4-12H,1-3H3,(H2,23,24). The average Bonchev–Trinajstić information content (AvgIpc) is 2.58. The molecule has 0 spiro atoms. The molecule has 2 aromatic rings. The molecule has 1 unspecified atom stereocenters. The molecule has 0 fully saturated rings. The Bertz CT molecular complexity index is 967. The number of rotatable bonds is 4. The summed E-state index contributed by atoms with van der Waals surface area (Å²) in [6.45, 7) is 4.32. The fraction of sp³-hybridized carbons (Fsp3) is 0.316. The smallest absolute Gasteiger partial charge is 0.416 e. The summed E-state index contributed by atoms with van der Waals surface area (Å²) in [6.07, 6.45) is -6.14. The summed E-state index contributed by atoms with van der Waals surface area (Å²) < 4.78 is 72.1. The van der Waals surface area contributed by atoms with Crippen LogP contribution in [0.3, 0.4) is 0 Å². The Morgan fingerprint density at radius 1 is 0.929 bits per heavy atom. The highest BCUT2D eigenvalue weighted by Gasteiger charge is 2.58. The van der Waals surface area contributed by atoms with Crippen molar-refractivity contribution >= 4 is 15.9 Å². The lowest BCUT2D eigenvalue weighted by atomic mass is 9.83. The maximum Gasteiger partial charge on any atom is 0.416 e. The van der Waals surface area contributed by atoms with Crippen LogP contribution in [0, 0.1) is 5.41 Å². The minimum atomic E-state index is -4.72. The van der Waals surface area contributed by atoms with Gasteiger partial charge in [-0.2, -0.15) is 13.2 Å². The van der Waals surface area contributed by atoms with Crippen LogP contribution in [0.2, 0.25) is 0 Å². The zero-order chi connectivity index (χ0) is 21.4. The maximum atomic E-state index is 13.6. The molecular formula is C19H20F3NO4S. The van der Waals surface area contributed by atoms with E-state index in [1.165, 1.54) is 51.1 Å². The number of benzene rings is 2. The third-order valence-electron chi connectivity index (χ3n) is 4.23. The predicted molar refractivity (Wildman–Crippen MR) is 96.9 cm³/mol. The average molecular weight is 415 g/mol. The first kappa shape index (κ1) is 21.7. The summed E-state index contributed by atoms with van der Waals surface area (Å²) in [7, 11) is -4.52. The largest absolute Gasteiger partial charge is 0.421 e. The van der Waals surface area contributed by atoms with Crippen molar-refractivity contribution in [2.24, 2.45) is 11.1 Å². The predicted octanol–water partition coefficient (Wildman–Crippen LogP) is 4.47. The van der Waals surface area contributed by atoms with E-state index < -0.39 is 38.0 Å². The molecule has 2 rings (SSSR count). The van der Waals surface area contributed by atoms with Crippen molar-refractivity contribution in [3.8, 4) is 0 Å². The highest BCUT2D eigenvalue weighted by molar-refractivity contribution is 7.92. The fourth-order valence-electron chi connectivity index (χ4n) is 3.07. The Morgan fingerprint density at radius 2 is 1.46 bits per heavy atom. The van der Waals surface area contributed by atoms with Crippen LogP contribution in [-0.4, -0.2) is 14.5 Å². The molecule has 0 radical (unpaired) electrons. The summed E-state index contributed by atoms with van der Waals surface area (Å²) >= 11 is 0. The summed E-state index contributed by atoms with van der Waals surface area (Å²) in [4.78, 5) is 9.00. The number of nitrogens with two attached hydrogens (primary N) is 1. The van der Waals surface area contributed by atoms with Crippen LogP contribution in [0.4, 0.5) is 18.0 Å². The van der Waals surface area contributed by atoms with Gasteiger partial charge in [0.05, 0.1) is 10.5 Å². The van der Waals surface area contributed by atoms with Gasteiger partial charge in [-0.15, -0.1) is 0 Å². The molecule has 0 heterocycles. The molecule has 5 nitrogen and oxygen atoms in total. The monoisotopic (exact) mass is 415 g/mol. The number of ether oxygens (including phenoxy) is 1. The van der Waals surface area contributed by atoms with Gasteiger partial charge in [-0.3, -0.25) is 0 Å². The normalized spacial score (nSPS) is 14.9. The molecule has 28 heavy (non-hydrogen) atoms. The number of carbonyl (C=O) groups is 1. The summed E-state index contributed by atoms with van der Waals surface area (Å²) in [5.41, 5.74) is 2.37. The number of primary amides is 1. The van der Waals surface area contributed by atoms with Gasteiger partial charge in [0.2, 0.25) is 14.8 Å². The van der Waals surface area contributed by atoms with Gasteiger partial charge in [0.1, 0.15) is 0 Å². The third-order valence-corrected chi connectivity index (χ3v) is 6.81. The molecule has 0 saturated carbocycles. The molecule has 0 aliphatic carbocycles. The lowest BCUT2D eigenvalue weighted by Crippen LogP contribution is -2.51. The Hall–Kier alpha value is -2.55. The molecule has 0 bridgehead atoms. The van der Waals surface area contributed by atoms with Gasteiger partial charge in [-0.1, -0.05) is 51.1 Å². The molecule has 2 aromatic carbocycles. The lowest BCUT2D eigenvalue weighted by Gasteiger charge is -2.42. The summed E-state index contributed by atoms with van der Waals surface area (Å²) in [5, 5.41) is 0. The van der Waals surface area contributed by atoms with Crippen LogP contribution in [0.25, 0.3) is 0 Å². The number of hydrogen-bond acceptors (Lipinski definition) is 4. The molecule has 1 atom stereocenters. The Morgan fingerprint density at radius 3 is 1.93 bits per heavy atom. The fourth-order valence-corrected chi connectivity index (χ4v) is 5.35. The lowest BCUT2D eigenvalue weighted by molar-refractivity contribution is -0.137. The number of hydrogen-bond donors (Lipinski definition) is 1. The van der Waals surface area contributed by atoms with Crippen molar-refractivity contribution in [2.75, 3.05) is 0 Å². The number of amides is 1. The van der Waals surface area contributed by atoms with Crippen LogP contribution >= 0.6 is 0 Å². The van der Waals surface area contributed by atoms with Gasteiger partial charge >= 0.3 is 12.3 Å². The van der Waals surface area contributed by atoms with Gasteiger partial charge in [0.25, 0.3) is 0 Å². The first-order valence-corrected chi connectivity index (χ1v) is 9.67. The van der Waals surface area contributed by atoms with Gasteiger partial charge in [0.15, 0.2) is 0 Å².